The Bertz CT molecular complexity index is 1450. The van der Waals surface area contributed by atoms with Crippen molar-refractivity contribution in [2.45, 2.75) is 0 Å². The molecule has 0 bridgehead atoms. The maximum Gasteiger partial charge on any atom is 0.116 e. The summed E-state index contributed by atoms with van der Waals surface area (Å²) in [7, 11) is 0. The highest BCUT2D eigenvalue weighted by Crippen LogP contribution is 2.36. The van der Waals surface area contributed by atoms with Gasteiger partial charge in [-0.05, 0) is 41.3 Å². The lowest BCUT2D eigenvalue weighted by atomic mass is 10.0. The molecule has 6 rings (SSSR count). The molecule has 0 saturated carbocycles. The van der Waals surface area contributed by atoms with Gasteiger partial charge in [0.25, 0.3) is 0 Å². The normalized spacial score (nSPS) is 11.4. The van der Waals surface area contributed by atoms with Gasteiger partial charge in [-0.15, -0.1) is 11.3 Å². The van der Waals surface area contributed by atoms with Crippen LogP contribution in [0.3, 0.4) is 0 Å². The summed E-state index contributed by atoms with van der Waals surface area (Å²) in [6, 6.07) is 19.0. The minimum atomic E-state index is 0.909. The highest BCUT2D eigenvalue weighted by Gasteiger charge is 2.14. The summed E-state index contributed by atoms with van der Waals surface area (Å²) in [4.78, 5) is 13.1. The Balaban J connectivity index is 1.53. The Kier molecular flexibility index (Phi) is 3.57. The predicted octanol–water partition coefficient (Wildman–Crippen LogP) is 5.90. The van der Waals surface area contributed by atoms with E-state index < -0.39 is 0 Å². The summed E-state index contributed by atoms with van der Waals surface area (Å²) >= 11 is 1.75. The third kappa shape index (κ3) is 2.65. The Labute approximate surface area is 170 Å². The van der Waals surface area contributed by atoms with Gasteiger partial charge in [-0.3, -0.25) is 5.10 Å². The fraction of sp³-hybridized carbons (Fsp3) is 0. The molecule has 0 saturated heterocycles. The van der Waals surface area contributed by atoms with Crippen LogP contribution in [0.1, 0.15) is 0 Å². The van der Waals surface area contributed by atoms with Gasteiger partial charge in [-0.2, -0.15) is 5.10 Å². The maximum atomic E-state index is 4.60. The van der Waals surface area contributed by atoms with E-state index in [-0.39, 0.29) is 0 Å². The van der Waals surface area contributed by atoms with E-state index in [9.17, 15) is 0 Å². The number of benzene rings is 2. The van der Waals surface area contributed by atoms with Crippen LogP contribution in [0.15, 0.2) is 78.7 Å². The van der Waals surface area contributed by atoms with Crippen molar-refractivity contribution in [2.75, 3.05) is 0 Å². The van der Waals surface area contributed by atoms with Crippen LogP contribution in [-0.2, 0) is 0 Å². The fourth-order valence-corrected chi connectivity index (χ4v) is 4.54. The second-order valence-electron chi connectivity index (χ2n) is 6.89. The number of H-pyrrole nitrogens is 2. The summed E-state index contributed by atoms with van der Waals surface area (Å²) in [6.45, 7) is 0. The van der Waals surface area contributed by atoms with Gasteiger partial charge in [0.15, 0.2) is 0 Å². The first kappa shape index (κ1) is 16.2. The molecule has 0 amide bonds. The van der Waals surface area contributed by atoms with E-state index in [0.29, 0.717) is 0 Å². The Morgan fingerprint density at radius 2 is 1.72 bits per heavy atom. The van der Waals surface area contributed by atoms with E-state index in [2.05, 4.69) is 79.1 Å². The molecule has 138 valence electrons. The van der Waals surface area contributed by atoms with Crippen molar-refractivity contribution >= 4 is 33.1 Å². The summed E-state index contributed by atoms with van der Waals surface area (Å²) in [5.74, 6) is 0. The number of nitrogens with zero attached hydrogens (tertiary/aromatic N) is 3. The van der Waals surface area contributed by atoms with Crippen LogP contribution in [-0.4, -0.2) is 25.1 Å². The topological polar surface area (TPSA) is 70.2 Å². The minimum Gasteiger partial charge on any atom is -0.353 e. The zero-order valence-electron chi connectivity index (χ0n) is 15.3. The molecule has 0 atom stereocenters. The first-order valence-corrected chi connectivity index (χ1v) is 10.1. The molecular formula is C23H15N5S. The van der Waals surface area contributed by atoms with Crippen LogP contribution in [0.4, 0.5) is 0 Å². The van der Waals surface area contributed by atoms with Crippen molar-refractivity contribution in [1.29, 1.82) is 0 Å². The molecule has 2 aromatic carbocycles. The van der Waals surface area contributed by atoms with Gasteiger partial charge in [0, 0.05) is 44.7 Å². The lowest BCUT2D eigenvalue weighted by molar-refractivity contribution is 1.12. The standard InChI is InChI=1S/C23H15N5S/c1-3-16(22-5-2-8-29-22)17-10-21(26-19(17)4-1)23-18-9-14(6-7-20(18)27-28-23)15-11-24-13-25-12-15/h1-13,26H,(H,27,28). The molecule has 5 nitrogen and oxygen atoms in total. The molecule has 29 heavy (non-hydrogen) atoms. The molecule has 2 N–H and O–H groups in total. The average molecular weight is 393 g/mol. The average Bonchev–Trinajstić information content (AvgIpc) is 3.52. The molecule has 0 aliphatic heterocycles. The van der Waals surface area contributed by atoms with Crippen molar-refractivity contribution in [3.8, 4) is 33.0 Å². The van der Waals surface area contributed by atoms with Gasteiger partial charge in [0.1, 0.15) is 12.0 Å². The number of aromatic nitrogens is 5. The first-order chi connectivity index (χ1) is 14.4. The lowest BCUT2D eigenvalue weighted by Gasteiger charge is -2.01. The quantitative estimate of drug-likeness (QED) is 0.393. The zero-order valence-corrected chi connectivity index (χ0v) is 16.1. The van der Waals surface area contributed by atoms with E-state index in [4.69, 9.17) is 0 Å². The summed E-state index contributed by atoms with van der Waals surface area (Å²) < 4.78 is 0. The fourth-order valence-electron chi connectivity index (χ4n) is 3.78. The van der Waals surface area contributed by atoms with Gasteiger partial charge in [0.2, 0.25) is 0 Å². The third-order valence-electron chi connectivity index (χ3n) is 5.16. The molecule has 6 heteroatoms. The maximum absolute atomic E-state index is 4.60. The molecule has 4 heterocycles. The van der Waals surface area contributed by atoms with Crippen molar-refractivity contribution in [3.63, 3.8) is 0 Å². The number of rotatable bonds is 3. The number of thiophene rings is 1. The van der Waals surface area contributed by atoms with Crippen molar-refractivity contribution in [1.82, 2.24) is 25.1 Å². The molecule has 0 spiro atoms. The molecule has 0 fully saturated rings. The van der Waals surface area contributed by atoms with Crippen LogP contribution >= 0.6 is 11.3 Å². The Hall–Kier alpha value is -3.77. The first-order valence-electron chi connectivity index (χ1n) is 9.26. The second-order valence-corrected chi connectivity index (χ2v) is 7.83. The SMILES string of the molecule is c1csc(-c2cccc3[nH]c(-c4n[nH]c5ccc(-c6cncnc6)cc45)cc23)c1. The van der Waals surface area contributed by atoms with Crippen LogP contribution in [0.2, 0.25) is 0 Å². The van der Waals surface area contributed by atoms with E-state index in [0.717, 1.165) is 38.9 Å². The number of fused-ring (bicyclic) bond motifs is 2. The molecule has 4 aromatic heterocycles. The van der Waals surface area contributed by atoms with Gasteiger partial charge in [0.05, 0.1) is 11.2 Å². The van der Waals surface area contributed by atoms with Crippen molar-refractivity contribution in [2.24, 2.45) is 0 Å². The summed E-state index contributed by atoms with van der Waals surface area (Å²) in [6.07, 6.45) is 5.19. The van der Waals surface area contributed by atoms with Crippen LogP contribution in [0.5, 0.6) is 0 Å². The summed E-state index contributed by atoms with van der Waals surface area (Å²) in [5.41, 5.74) is 7.30. The number of aromatic amines is 2. The number of hydrogen-bond acceptors (Lipinski definition) is 4. The highest BCUT2D eigenvalue weighted by atomic mass is 32.1. The van der Waals surface area contributed by atoms with Crippen LogP contribution < -0.4 is 0 Å². The van der Waals surface area contributed by atoms with Crippen molar-refractivity contribution in [3.05, 3.63) is 78.7 Å². The summed E-state index contributed by atoms with van der Waals surface area (Å²) in [5, 5.41) is 12.1. The van der Waals surface area contributed by atoms with E-state index in [1.165, 1.54) is 15.8 Å². The lowest BCUT2D eigenvalue weighted by Crippen LogP contribution is -1.83. The van der Waals surface area contributed by atoms with E-state index >= 15 is 0 Å². The molecular weight excluding hydrogens is 378 g/mol. The largest absolute Gasteiger partial charge is 0.353 e. The van der Waals surface area contributed by atoms with Crippen molar-refractivity contribution < 1.29 is 0 Å². The zero-order chi connectivity index (χ0) is 19.2. The molecule has 0 radical (unpaired) electrons. The van der Waals surface area contributed by atoms with Gasteiger partial charge in [-0.1, -0.05) is 24.3 Å². The van der Waals surface area contributed by atoms with E-state index in [1.807, 2.05) is 18.5 Å². The second kappa shape index (κ2) is 6.39. The molecule has 6 aromatic rings. The number of hydrogen-bond donors (Lipinski definition) is 2. The van der Waals surface area contributed by atoms with Crippen LogP contribution in [0.25, 0.3) is 54.8 Å². The highest BCUT2D eigenvalue weighted by molar-refractivity contribution is 7.13. The molecule has 0 aliphatic rings. The Morgan fingerprint density at radius 3 is 2.59 bits per heavy atom. The number of nitrogens with one attached hydrogen (secondary N) is 2. The van der Waals surface area contributed by atoms with Gasteiger partial charge < -0.3 is 4.98 Å². The monoisotopic (exact) mass is 393 g/mol. The van der Waals surface area contributed by atoms with Crippen LogP contribution in [0, 0.1) is 0 Å². The third-order valence-corrected chi connectivity index (χ3v) is 6.07. The molecule has 0 aliphatic carbocycles. The Morgan fingerprint density at radius 1 is 0.793 bits per heavy atom. The molecule has 0 unspecified atom stereocenters. The predicted molar refractivity (Wildman–Crippen MR) is 118 cm³/mol. The van der Waals surface area contributed by atoms with Gasteiger partial charge in [-0.25, -0.2) is 9.97 Å². The van der Waals surface area contributed by atoms with E-state index in [1.54, 1.807) is 17.7 Å². The smallest absolute Gasteiger partial charge is 0.116 e. The minimum absolute atomic E-state index is 0.909. The van der Waals surface area contributed by atoms with Gasteiger partial charge >= 0.3 is 0 Å².